The zero-order valence-electron chi connectivity index (χ0n) is 8.26. The molecule has 3 nitrogen and oxygen atoms in total. The molecule has 0 spiro atoms. The second-order valence-corrected chi connectivity index (χ2v) is 2.52. The molecule has 0 bridgehead atoms. The van der Waals surface area contributed by atoms with Crippen LogP contribution in [-0.2, 0) is 0 Å². The van der Waals surface area contributed by atoms with Gasteiger partial charge in [0.15, 0.2) is 0 Å². The molecule has 1 rings (SSSR count). The summed E-state index contributed by atoms with van der Waals surface area (Å²) in [5.41, 5.74) is 0.939. The van der Waals surface area contributed by atoms with Crippen molar-refractivity contribution in [1.29, 1.82) is 0 Å². The van der Waals surface area contributed by atoms with E-state index in [1.54, 1.807) is 0 Å². The molecule has 0 aliphatic rings. The van der Waals surface area contributed by atoms with E-state index >= 15 is 0 Å². The first-order valence-electron chi connectivity index (χ1n) is 4.22. The van der Waals surface area contributed by atoms with E-state index in [4.69, 9.17) is 0 Å². The van der Waals surface area contributed by atoms with Crippen molar-refractivity contribution in [3.8, 4) is 0 Å². The van der Waals surface area contributed by atoms with Gasteiger partial charge < -0.3 is 5.32 Å². The molecule has 0 amide bonds. The third-order valence-corrected chi connectivity index (χ3v) is 1.05. The van der Waals surface area contributed by atoms with Crippen molar-refractivity contribution in [3.63, 3.8) is 0 Å². The molecule has 12 heavy (non-hydrogen) atoms. The molecule has 0 aliphatic heterocycles. The molecule has 0 fully saturated rings. The number of hydrogen-bond acceptors (Lipinski definition) is 3. The summed E-state index contributed by atoms with van der Waals surface area (Å²) in [6.45, 7) is 6.16. The molecule has 3 heteroatoms. The van der Waals surface area contributed by atoms with Crippen LogP contribution in [0.25, 0.3) is 0 Å². The van der Waals surface area contributed by atoms with Crippen LogP contribution < -0.4 is 5.32 Å². The zero-order valence-corrected chi connectivity index (χ0v) is 8.26. The van der Waals surface area contributed by atoms with Gasteiger partial charge in [0.1, 0.15) is 5.82 Å². The summed E-state index contributed by atoms with van der Waals surface area (Å²) in [5, 5.41) is 10.6. The Hall–Kier alpha value is -1.12. The lowest BCUT2D eigenvalue weighted by atomic mass is 10.4. The van der Waals surface area contributed by atoms with Gasteiger partial charge in [-0.25, -0.2) is 0 Å². The molecule has 0 radical (unpaired) electrons. The predicted octanol–water partition coefficient (Wildman–Crippen LogP) is 2.24. The highest BCUT2D eigenvalue weighted by Crippen LogP contribution is 1.97. The van der Waals surface area contributed by atoms with Gasteiger partial charge in [-0.2, -0.15) is 5.10 Å². The van der Waals surface area contributed by atoms with Crippen LogP contribution in [0.5, 0.6) is 0 Å². The summed E-state index contributed by atoms with van der Waals surface area (Å²) in [6, 6.07) is 3.81. The fourth-order valence-corrected chi connectivity index (χ4v) is 0.532. The lowest BCUT2D eigenvalue weighted by Gasteiger charge is -1.94. The summed E-state index contributed by atoms with van der Waals surface area (Å²) < 4.78 is 0. The summed E-state index contributed by atoms with van der Waals surface area (Å²) in [5.74, 6) is 0.806. The molecule has 1 aromatic heterocycles. The minimum absolute atomic E-state index is 0.806. The van der Waals surface area contributed by atoms with Crippen LogP contribution in [-0.4, -0.2) is 17.2 Å². The molecule has 1 aromatic rings. The minimum Gasteiger partial charge on any atom is -0.372 e. The average molecular weight is 167 g/mol. The quantitative estimate of drug-likeness (QED) is 0.697. The van der Waals surface area contributed by atoms with Crippen LogP contribution in [0.15, 0.2) is 12.1 Å². The first-order valence-corrected chi connectivity index (χ1v) is 4.22. The van der Waals surface area contributed by atoms with Crippen LogP contribution in [0.2, 0.25) is 0 Å². The monoisotopic (exact) mass is 167 g/mol. The Balaban J connectivity index is 0.000000354. The number of nitrogens with one attached hydrogen (secondary N) is 1. The number of nitrogens with zero attached hydrogens (tertiary/aromatic N) is 2. The largest absolute Gasteiger partial charge is 0.372 e. The molecule has 0 saturated heterocycles. The van der Waals surface area contributed by atoms with E-state index in [9.17, 15) is 0 Å². The van der Waals surface area contributed by atoms with Crippen LogP contribution >= 0.6 is 0 Å². The van der Waals surface area contributed by atoms with E-state index in [0.717, 1.165) is 11.5 Å². The normalized spacial score (nSPS) is 8.33. The fourth-order valence-electron chi connectivity index (χ4n) is 0.532. The smallest absolute Gasteiger partial charge is 0.148 e. The maximum absolute atomic E-state index is 3.84. The van der Waals surface area contributed by atoms with Crippen LogP contribution in [0.1, 0.15) is 26.0 Å². The highest BCUT2D eigenvalue weighted by atomic mass is 15.2. The van der Waals surface area contributed by atoms with Crippen molar-refractivity contribution in [2.24, 2.45) is 0 Å². The van der Waals surface area contributed by atoms with E-state index in [1.807, 2.05) is 26.1 Å². The van der Waals surface area contributed by atoms with Crippen molar-refractivity contribution in [2.45, 2.75) is 27.2 Å². The second kappa shape index (κ2) is 6.58. The number of anilines is 1. The van der Waals surface area contributed by atoms with Gasteiger partial charge in [0.2, 0.25) is 0 Å². The molecule has 1 heterocycles. The Morgan fingerprint density at radius 3 is 2.17 bits per heavy atom. The Morgan fingerprint density at radius 1 is 1.25 bits per heavy atom. The molecule has 0 aromatic carbocycles. The van der Waals surface area contributed by atoms with Crippen molar-refractivity contribution in [1.82, 2.24) is 10.2 Å². The lowest BCUT2D eigenvalue weighted by molar-refractivity contribution is 0.982. The molecule has 0 unspecified atom stereocenters. The molecule has 1 N–H and O–H groups in total. The van der Waals surface area contributed by atoms with E-state index in [-0.39, 0.29) is 0 Å². The molecule has 0 saturated carbocycles. The molecule has 0 aliphatic carbocycles. The van der Waals surface area contributed by atoms with Crippen LogP contribution in [0.3, 0.4) is 0 Å². The minimum atomic E-state index is 0.806. The van der Waals surface area contributed by atoms with Gasteiger partial charge in [-0.1, -0.05) is 20.3 Å². The first kappa shape index (κ1) is 10.9. The lowest BCUT2D eigenvalue weighted by Crippen LogP contribution is -1.94. The van der Waals surface area contributed by atoms with Crippen molar-refractivity contribution < 1.29 is 0 Å². The zero-order chi connectivity index (χ0) is 9.40. The maximum Gasteiger partial charge on any atom is 0.148 e. The van der Waals surface area contributed by atoms with E-state index in [0.29, 0.717) is 0 Å². The maximum atomic E-state index is 3.84. The van der Waals surface area contributed by atoms with Crippen molar-refractivity contribution in [2.75, 3.05) is 12.4 Å². The van der Waals surface area contributed by atoms with Crippen molar-refractivity contribution in [3.05, 3.63) is 17.8 Å². The third kappa shape index (κ3) is 4.66. The third-order valence-electron chi connectivity index (χ3n) is 1.05. The average Bonchev–Trinajstić information content (AvgIpc) is 2.07. The number of hydrogen-bond donors (Lipinski definition) is 1. The summed E-state index contributed by atoms with van der Waals surface area (Å²) in [4.78, 5) is 0. The fraction of sp³-hybridized carbons (Fsp3) is 0.556. The molecular weight excluding hydrogens is 150 g/mol. The summed E-state index contributed by atoms with van der Waals surface area (Å²) in [6.07, 6.45) is 1.25. The van der Waals surface area contributed by atoms with Crippen LogP contribution in [0.4, 0.5) is 5.82 Å². The Labute approximate surface area is 74.2 Å². The first-order chi connectivity index (χ1) is 5.74. The van der Waals surface area contributed by atoms with Gasteiger partial charge in [-0.3, -0.25) is 0 Å². The van der Waals surface area contributed by atoms with Gasteiger partial charge in [0.25, 0.3) is 0 Å². The molecule has 68 valence electrons. The Bertz CT molecular complexity index is 193. The topological polar surface area (TPSA) is 37.8 Å². The number of rotatable bonds is 1. The molecule has 0 atom stereocenters. The number of aromatic nitrogens is 2. The molecular formula is C9H17N3. The van der Waals surface area contributed by atoms with Gasteiger partial charge in [-0.15, -0.1) is 5.10 Å². The van der Waals surface area contributed by atoms with Gasteiger partial charge in [0, 0.05) is 7.05 Å². The van der Waals surface area contributed by atoms with E-state index in [1.165, 1.54) is 6.42 Å². The van der Waals surface area contributed by atoms with Gasteiger partial charge >= 0.3 is 0 Å². The second-order valence-electron chi connectivity index (χ2n) is 2.52. The highest BCUT2D eigenvalue weighted by molar-refractivity contribution is 5.31. The highest BCUT2D eigenvalue weighted by Gasteiger charge is 1.86. The summed E-state index contributed by atoms with van der Waals surface area (Å²) in [7, 11) is 1.82. The van der Waals surface area contributed by atoms with E-state index in [2.05, 4.69) is 29.4 Å². The van der Waals surface area contributed by atoms with Crippen molar-refractivity contribution >= 4 is 5.82 Å². The standard InChI is InChI=1S/C6H9N3.C3H8/c1-5-3-4-6(7-2)9-8-5;1-3-2/h3-4H,1-2H3,(H,7,9);3H2,1-2H3. The number of aryl methyl sites for hydroxylation is 1. The Morgan fingerprint density at radius 2 is 1.83 bits per heavy atom. The van der Waals surface area contributed by atoms with Crippen LogP contribution in [0, 0.1) is 6.92 Å². The summed E-state index contributed by atoms with van der Waals surface area (Å²) >= 11 is 0. The van der Waals surface area contributed by atoms with Gasteiger partial charge in [0.05, 0.1) is 5.69 Å². The Kier molecular flexibility index (Phi) is 5.97. The predicted molar refractivity (Wildman–Crippen MR) is 52.3 cm³/mol. The van der Waals surface area contributed by atoms with Gasteiger partial charge in [-0.05, 0) is 19.1 Å². The van der Waals surface area contributed by atoms with E-state index < -0.39 is 0 Å². The SMILES string of the molecule is CCC.CNc1ccc(C)nn1.